The minimum Gasteiger partial charge on any atom is -0.310 e. The molecule has 1 saturated carbocycles. The molecule has 7 aromatic rings. The van der Waals surface area contributed by atoms with E-state index in [1.165, 1.54) is 109 Å². The first-order chi connectivity index (χ1) is 23.2. The van der Waals surface area contributed by atoms with E-state index in [4.69, 9.17) is 0 Å². The minimum atomic E-state index is -0.0564. The summed E-state index contributed by atoms with van der Waals surface area (Å²) in [6.45, 7) is 11.7. The van der Waals surface area contributed by atoms with Crippen molar-refractivity contribution in [2.75, 3.05) is 4.90 Å². The van der Waals surface area contributed by atoms with E-state index in [1.54, 1.807) is 0 Å². The van der Waals surface area contributed by atoms with Crippen molar-refractivity contribution in [3.8, 4) is 0 Å². The maximum atomic E-state index is 2.48. The van der Waals surface area contributed by atoms with Gasteiger partial charge in [-0.3, -0.25) is 0 Å². The Bertz CT molecular complexity index is 2260. The molecule has 48 heavy (non-hydrogen) atoms. The number of nitrogens with zero attached hydrogens (tertiary/aromatic N) is 1. The largest absolute Gasteiger partial charge is 0.310 e. The molecule has 0 atom stereocenters. The van der Waals surface area contributed by atoms with Gasteiger partial charge >= 0.3 is 0 Å². The van der Waals surface area contributed by atoms with Crippen LogP contribution in [0.4, 0.5) is 17.1 Å². The average molecular weight is 624 g/mol. The molecule has 1 heteroatoms. The van der Waals surface area contributed by atoms with Gasteiger partial charge in [0.2, 0.25) is 0 Å². The average Bonchev–Trinajstić information content (AvgIpc) is 3.11. The van der Waals surface area contributed by atoms with Crippen LogP contribution in [0.15, 0.2) is 121 Å². The van der Waals surface area contributed by atoms with Crippen molar-refractivity contribution in [1.29, 1.82) is 0 Å². The molecule has 9 rings (SSSR count). The van der Waals surface area contributed by atoms with Gasteiger partial charge in [-0.1, -0.05) is 151 Å². The van der Waals surface area contributed by atoms with Crippen molar-refractivity contribution in [3.63, 3.8) is 0 Å². The van der Waals surface area contributed by atoms with Crippen LogP contribution in [0.1, 0.15) is 94.5 Å². The van der Waals surface area contributed by atoms with Crippen LogP contribution in [0, 0.1) is 0 Å². The summed E-state index contributed by atoms with van der Waals surface area (Å²) < 4.78 is 0. The summed E-state index contributed by atoms with van der Waals surface area (Å²) in [4.78, 5) is 2.48. The number of hydrogen-bond acceptors (Lipinski definition) is 1. The fourth-order valence-electron chi connectivity index (χ4n) is 9.42. The minimum absolute atomic E-state index is 0.00460. The Morgan fingerprint density at radius 2 is 1.10 bits per heavy atom. The molecule has 0 aromatic heterocycles. The van der Waals surface area contributed by atoms with E-state index in [2.05, 4.69) is 161 Å². The van der Waals surface area contributed by atoms with Gasteiger partial charge in [0.25, 0.3) is 0 Å². The maximum Gasteiger partial charge on any atom is 0.0502 e. The zero-order valence-electron chi connectivity index (χ0n) is 29.0. The second-order valence-corrected chi connectivity index (χ2v) is 16.1. The first kappa shape index (κ1) is 29.5. The van der Waals surface area contributed by atoms with E-state index in [0.29, 0.717) is 0 Å². The lowest BCUT2D eigenvalue weighted by Gasteiger charge is -2.42. The van der Waals surface area contributed by atoms with Crippen molar-refractivity contribution < 1.29 is 0 Å². The fraction of sp³-hybridized carbons (Fsp3) is 0.277. The normalized spacial score (nSPS) is 17.1. The topological polar surface area (TPSA) is 3.24 Å². The molecule has 1 fully saturated rings. The van der Waals surface area contributed by atoms with Gasteiger partial charge in [0.1, 0.15) is 0 Å². The van der Waals surface area contributed by atoms with Crippen molar-refractivity contribution >= 4 is 49.4 Å². The first-order valence-corrected chi connectivity index (χ1v) is 18.0. The highest BCUT2D eigenvalue weighted by Crippen LogP contribution is 2.53. The summed E-state index contributed by atoms with van der Waals surface area (Å²) in [7, 11) is 0. The number of benzene rings is 7. The fourth-order valence-corrected chi connectivity index (χ4v) is 9.42. The van der Waals surface area contributed by atoms with Crippen LogP contribution < -0.4 is 4.90 Å². The highest BCUT2D eigenvalue weighted by molar-refractivity contribution is 6.24. The molecule has 0 unspecified atom stereocenters. The van der Waals surface area contributed by atoms with E-state index in [0.717, 1.165) is 0 Å². The van der Waals surface area contributed by atoms with Crippen LogP contribution in [0.2, 0.25) is 0 Å². The van der Waals surface area contributed by atoms with Crippen molar-refractivity contribution in [1.82, 2.24) is 0 Å². The van der Waals surface area contributed by atoms with E-state index >= 15 is 0 Å². The number of anilines is 3. The van der Waals surface area contributed by atoms with Crippen molar-refractivity contribution in [2.45, 2.75) is 83.0 Å². The van der Waals surface area contributed by atoms with Crippen LogP contribution >= 0.6 is 0 Å². The lowest BCUT2D eigenvalue weighted by molar-refractivity contribution is 0.348. The standard InChI is InChI=1S/C47H45N/c1-45(2,3)35-29-32-18-17-31-20-26-38(37-25-19-33(30-35)43(32)44(31)37)47(27-11-6-12-28-47)34-21-23-36(24-22-34)48-41-15-9-7-13-39(41)46(4,5)40-14-8-10-16-42(40)48/h7-10,13-26,29-30H,6,11-12,27-28H2,1-5H3. The summed E-state index contributed by atoms with van der Waals surface area (Å²) in [5, 5.41) is 8.36. The zero-order valence-corrected chi connectivity index (χ0v) is 29.0. The van der Waals surface area contributed by atoms with Gasteiger partial charge in [-0.25, -0.2) is 0 Å². The lowest BCUT2D eigenvalue weighted by atomic mass is 9.64. The van der Waals surface area contributed by atoms with Crippen molar-refractivity contribution in [3.05, 3.63) is 149 Å². The SMILES string of the molecule is CC(C)(C)c1cc2ccc3ccc(C4(c5ccc(N6c7ccccc7C(C)(C)c7ccccc76)cc5)CCCCC4)c4ccc(c1)c2c34. The van der Waals surface area contributed by atoms with Crippen molar-refractivity contribution in [2.24, 2.45) is 0 Å². The molecule has 238 valence electrons. The number of fused-ring (bicyclic) bond motifs is 2. The molecule has 0 bridgehead atoms. The number of para-hydroxylation sites is 2. The van der Waals surface area contributed by atoms with E-state index in [9.17, 15) is 0 Å². The third kappa shape index (κ3) is 4.22. The van der Waals surface area contributed by atoms with Gasteiger partial charge in [0.05, 0.1) is 11.4 Å². The quantitative estimate of drug-likeness (QED) is 0.177. The van der Waals surface area contributed by atoms with Gasteiger partial charge in [0.15, 0.2) is 0 Å². The summed E-state index contributed by atoms with van der Waals surface area (Å²) >= 11 is 0. The van der Waals surface area contributed by atoms with Gasteiger partial charge in [-0.05, 0) is 103 Å². The smallest absolute Gasteiger partial charge is 0.0502 e. The highest BCUT2D eigenvalue weighted by atomic mass is 15.2. The molecule has 0 saturated heterocycles. The summed E-state index contributed by atoms with van der Waals surface area (Å²) in [5.74, 6) is 0. The van der Waals surface area contributed by atoms with Crippen LogP contribution in [-0.2, 0) is 16.2 Å². The highest BCUT2D eigenvalue weighted by Gasteiger charge is 2.39. The maximum absolute atomic E-state index is 2.48. The van der Waals surface area contributed by atoms with Gasteiger partial charge in [0, 0.05) is 16.5 Å². The molecule has 0 radical (unpaired) electrons. The third-order valence-corrected chi connectivity index (χ3v) is 12.0. The van der Waals surface area contributed by atoms with Gasteiger partial charge < -0.3 is 4.90 Å². The summed E-state index contributed by atoms with van der Waals surface area (Å²) in [5.41, 5.74) is 11.0. The Labute approximate surface area is 285 Å². The van der Waals surface area contributed by atoms with E-state index in [1.807, 2.05) is 0 Å². The second kappa shape index (κ2) is 10.4. The summed E-state index contributed by atoms with van der Waals surface area (Å²) in [6, 6.07) is 46.9. The van der Waals surface area contributed by atoms with Crippen LogP contribution in [-0.4, -0.2) is 0 Å². The molecule has 0 spiro atoms. The molecule has 0 N–H and O–H groups in total. The van der Waals surface area contributed by atoms with E-state index in [-0.39, 0.29) is 16.2 Å². The van der Waals surface area contributed by atoms with Crippen LogP contribution in [0.25, 0.3) is 32.3 Å². The molecular weight excluding hydrogens is 579 g/mol. The molecule has 2 aliphatic rings. The third-order valence-electron chi connectivity index (χ3n) is 12.0. The monoisotopic (exact) mass is 623 g/mol. The van der Waals surface area contributed by atoms with Gasteiger partial charge in [-0.2, -0.15) is 0 Å². The second-order valence-electron chi connectivity index (χ2n) is 16.1. The predicted octanol–water partition coefficient (Wildman–Crippen LogP) is 13.2. The number of rotatable bonds is 3. The van der Waals surface area contributed by atoms with E-state index < -0.39 is 0 Å². The predicted molar refractivity (Wildman–Crippen MR) is 206 cm³/mol. The Balaban J connectivity index is 1.21. The molecular formula is C47H45N. The Morgan fingerprint density at radius 3 is 1.73 bits per heavy atom. The Morgan fingerprint density at radius 1 is 0.542 bits per heavy atom. The molecule has 1 nitrogen and oxygen atoms in total. The molecule has 7 aromatic carbocycles. The first-order valence-electron chi connectivity index (χ1n) is 18.0. The summed E-state index contributed by atoms with van der Waals surface area (Å²) in [6.07, 6.45) is 6.22. The van der Waals surface area contributed by atoms with Crippen LogP contribution in [0.3, 0.4) is 0 Å². The molecule has 1 aliphatic heterocycles. The molecule has 1 aliphatic carbocycles. The molecule has 1 heterocycles. The zero-order chi connectivity index (χ0) is 32.8. The Kier molecular flexibility index (Phi) is 6.42. The number of hydrogen-bond donors (Lipinski definition) is 0. The van der Waals surface area contributed by atoms with Gasteiger partial charge in [-0.15, -0.1) is 0 Å². The Hall–Kier alpha value is -4.62. The van der Waals surface area contributed by atoms with Crippen LogP contribution in [0.5, 0.6) is 0 Å². The lowest BCUT2D eigenvalue weighted by Crippen LogP contribution is -2.31. The molecule has 0 amide bonds.